The van der Waals surface area contributed by atoms with Crippen LogP contribution in [0.25, 0.3) is 10.8 Å². The van der Waals surface area contributed by atoms with E-state index < -0.39 is 30.8 Å². The molecule has 5 N–H and O–H groups in total. The molecule has 0 saturated carbocycles. The summed E-state index contributed by atoms with van der Waals surface area (Å²) in [5, 5.41) is 50.4. The molecule has 0 aliphatic carbocycles. The van der Waals surface area contributed by atoms with Gasteiger partial charge in [-0.1, -0.05) is 48.2 Å². The maximum Gasteiger partial charge on any atom is 0.277 e. The van der Waals surface area contributed by atoms with Crippen LogP contribution in [0, 0.1) is 0 Å². The number of thioether (sulfide) groups is 1. The minimum Gasteiger partial charge on any atom is -0.483 e. The topological polar surface area (TPSA) is 171 Å². The first-order valence-electron chi connectivity index (χ1n) is 9.50. The molecule has 2 aromatic carbocycles. The first kappa shape index (κ1) is 23.6. The number of fused-ring (bicyclic) bond motifs is 1. The van der Waals surface area contributed by atoms with Gasteiger partial charge in [0.25, 0.3) is 17.0 Å². The van der Waals surface area contributed by atoms with Gasteiger partial charge >= 0.3 is 0 Å². The SMILES string of the molecule is O=C(CSc1nnc(COc2cccc3ccccc23)o1)N/N=C/[C@H](O)[C@@H](O)[C@H](O)CO. The van der Waals surface area contributed by atoms with Crippen molar-refractivity contribution in [2.45, 2.75) is 30.1 Å². The van der Waals surface area contributed by atoms with E-state index in [9.17, 15) is 20.1 Å². The van der Waals surface area contributed by atoms with Crippen molar-refractivity contribution in [3.05, 3.63) is 48.4 Å². The molecule has 3 atom stereocenters. The predicted molar refractivity (Wildman–Crippen MR) is 115 cm³/mol. The van der Waals surface area contributed by atoms with Crippen molar-refractivity contribution in [3.8, 4) is 5.75 Å². The highest BCUT2D eigenvalue weighted by molar-refractivity contribution is 7.99. The molecule has 3 rings (SSSR count). The van der Waals surface area contributed by atoms with Crippen molar-refractivity contribution in [2.75, 3.05) is 12.4 Å². The summed E-state index contributed by atoms with van der Waals surface area (Å²) in [7, 11) is 0. The normalized spacial score (nSPS) is 14.4. The fraction of sp³-hybridized carbons (Fsp3) is 0.300. The number of aromatic nitrogens is 2. The number of aliphatic hydroxyl groups is 4. The molecule has 170 valence electrons. The number of nitrogens with one attached hydrogen (secondary N) is 1. The van der Waals surface area contributed by atoms with Crippen LogP contribution in [0.3, 0.4) is 0 Å². The number of nitrogens with zero attached hydrogens (tertiary/aromatic N) is 3. The van der Waals surface area contributed by atoms with E-state index in [2.05, 4.69) is 20.7 Å². The van der Waals surface area contributed by atoms with Gasteiger partial charge in [0.2, 0.25) is 0 Å². The first-order chi connectivity index (χ1) is 15.5. The van der Waals surface area contributed by atoms with Gasteiger partial charge in [-0.25, -0.2) is 5.43 Å². The zero-order valence-electron chi connectivity index (χ0n) is 16.7. The zero-order valence-corrected chi connectivity index (χ0v) is 17.6. The predicted octanol–water partition coefficient (Wildman–Crippen LogP) is 0.0709. The summed E-state index contributed by atoms with van der Waals surface area (Å²) >= 11 is 0.981. The molecule has 0 aliphatic rings. The molecule has 1 aromatic heterocycles. The summed E-state index contributed by atoms with van der Waals surface area (Å²) < 4.78 is 11.2. The summed E-state index contributed by atoms with van der Waals surface area (Å²) in [6, 6.07) is 13.5. The molecule has 1 heterocycles. The second kappa shape index (κ2) is 11.5. The van der Waals surface area contributed by atoms with E-state index in [1.54, 1.807) is 0 Å². The highest BCUT2D eigenvalue weighted by Crippen LogP contribution is 2.26. The third-order valence-corrected chi connectivity index (χ3v) is 5.04. The average Bonchev–Trinajstić information content (AvgIpc) is 3.28. The lowest BCUT2D eigenvalue weighted by Gasteiger charge is -2.17. The fourth-order valence-corrected chi connectivity index (χ4v) is 3.16. The smallest absolute Gasteiger partial charge is 0.277 e. The van der Waals surface area contributed by atoms with E-state index >= 15 is 0 Å². The summed E-state index contributed by atoms with van der Waals surface area (Å²) in [5.41, 5.74) is 2.15. The van der Waals surface area contributed by atoms with Gasteiger partial charge in [0.05, 0.1) is 18.6 Å². The third-order valence-electron chi connectivity index (χ3n) is 4.22. The Morgan fingerprint density at radius 1 is 1.19 bits per heavy atom. The van der Waals surface area contributed by atoms with Gasteiger partial charge in [0.1, 0.15) is 24.1 Å². The maximum atomic E-state index is 11.8. The van der Waals surface area contributed by atoms with Gasteiger partial charge in [-0.3, -0.25) is 4.79 Å². The van der Waals surface area contributed by atoms with Crippen LogP contribution >= 0.6 is 11.8 Å². The monoisotopic (exact) mass is 462 g/mol. The van der Waals surface area contributed by atoms with E-state index in [0.717, 1.165) is 28.7 Å². The van der Waals surface area contributed by atoms with Crippen molar-refractivity contribution < 1.29 is 34.4 Å². The molecule has 11 nitrogen and oxygen atoms in total. The minimum atomic E-state index is -1.64. The molecule has 0 spiro atoms. The van der Waals surface area contributed by atoms with E-state index in [4.69, 9.17) is 14.3 Å². The quantitative estimate of drug-likeness (QED) is 0.149. The van der Waals surface area contributed by atoms with Crippen LogP contribution in [0.4, 0.5) is 0 Å². The highest BCUT2D eigenvalue weighted by atomic mass is 32.2. The molecular weight excluding hydrogens is 440 g/mol. The fourth-order valence-electron chi connectivity index (χ4n) is 2.58. The van der Waals surface area contributed by atoms with Crippen LogP contribution in [0.2, 0.25) is 0 Å². The Morgan fingerprint density at radius 3 is 2.78 bits per heavy atom. The van der Waals surface area contributed by atoms with E-state index in [-0.39, 0.29) is 23.5 Å². The van der Waals surface area contributed by atoms with E-state index in [0.29, 0.717) is 5.75 Å². The van der Waals surface area contributed by atoms with Crippen LogP contribution in [0.5, 0.6) is 5.75 Å². The number of rotatable bonds is 11. The Hall–Kier alpha value is -3.03. The molecule has 0 bridgehead atoms. The van der Waals surface area contributed by atoms with Crippen molar-refractivity contribution >= 4 is 34.7 Å². The van der Waals surface area contributed by atoms with Crippen molar-refractivity contribution in [1.29, 1.82) is 0 Å². The van der Waals surface area contributed by atoms with Gasteiger partial charge in [0, 0.05) is 5.39 Å². The lowest BCUT2D eigenvalue weighted by atomic mass is 10.1. The number of amides is 1. The van der Waals surface area contributed by atoms with E-state index in [1.165, 1.54) is 0 Å². The second-order valence-corrected chi connectivity index (χ2v) is 7.49. The number of aliphatic hydroxyl groups excluding tert-OH is 4. The molecule has 0 saturated heterocycles. The number of carbonyl (C=O) groups excluding carboxylic acids is 1. The molecule has 0 fully saturated rings. The van der Waals surface area contributed by atoms with Gasteiger partial charge in [-0.2, -0.15) is 5.10 Å². The lowest BCUT2D eigenvalue weighted by molar-refractivity contribution is -0.118. The zero-order chi connectivity index (χ0) is 22.9. The van der Waals surface area contributed by atoms with Gasteiger partial charge < -0.3 is 29.6 Å². The lowest BCUT2D eigenvalue weighted by Crippen LogP contribution is -2.40. The molecule has 12 heteroatoms. The van der Waals surface area contributed by atoms with Gasteiger partial charge in [0.15, 0.2) is 6.61 Å². The molecule has 0 aliphatic heterocycles. The number of carbonyl (C=O) groups is 1. The molecule has 0 radical (unpaired) electrons. The molecule has 3 aromatic rings. The van der Waals surface area contributed by atoms with Crippen LogP contribution < -0.4 is 10.2 Å². The first-order valence-corrected chi connectivity index (χ1v) is 10.5. The third kappa shape index (κ3) is 6.48. The Morgan fingerprint density at radius 2 is 1.97 bits per heavy atom. The summed E-state index contributed by atoms with van der Waals surface area (Å²) in [6.45, 7) is -0.661. The van der Waals surface area contributed by atoms with Crippen LogP contribution in [0.15, 0.2) is 57.2 Å². The Labute approximate surface area is 186 Å². The Bertz CT molecular complexity index is 1060. The van der Waals surface area contributed by atoms with Gasteiger partial charge in [-0.15, -0.1) is 10.2 Å². The largest absolute Gasteiger partial charge is 0.483 e. The standard InChI is InChI=1S/C20H22N4O7S/c25-9-15(27)19(29)14(26)8-21-22-17(28)11-32-20-24-23-18(31-20)10-30-16-7-3-5-12-4-1-2-6-13(12)16/h1-8,14-15,19,25-27,29H,9-11H2,(H,22,28)/b21-8+/t14-,15+,19+/m0/s1. The minimum absolute atomic E-state index is 0.0674. The summed E-state index contributed by atoms with van der Waals surface area (Å²) in [6.07, 6.45) is -3.89. The van der Waals surface area contributed by atoms with Crippen LogP contribution in [-0.4, -0.2) is 73.4 Å². The number of hydrogen-bond donors (Lipinski definition) is 5. The van der Waals surface area contributed by atoms with E-state index in [1.807, 2.05) is 42.5 Å². The van der Waals surface area contributed by atoms with Crippen molar-refractivity contribution in [1.82, 2.24) is 15.6 Å². The van der Waals surface area contributed by atoms with Crippen LogP contribution in [0.1, 0.15) is 5.89 Å². The van der Waals surface area contributed by atoms with Crippen molar-refractivity contribution in [3.63, 3.8) is 0 Å². The summed E-state index contributed by atoms with van der Waals surface area (Å²) in [4.78, 5) is 11.8. The average molecular weight is 462 g/mol. The molecular formula is C20H22N4O7S. The number of benzene rings is 2. The molecule has 1 amide bonds. The molecule has 0 unspecified atom stereocenters. The van der Waals surface area contributed by atoms with Crippen molar-refractivity contribution in [2.24, 2.45) is 5.10 Å². The maximum absolute atomic E-state index is 11.8. The molecule has 32 heavy (non-hydrogen) atoms. The van der Waals surface area contributed by atoms with Gasteiger partial charge in [-0.05, 0) is 11.5 Å². The number of hydrazone groups is 1. The highest BCUT2D eigenvalue weighted by Gasteiger charge is 2.22. The summed E-state index contributed by atoms with van der Waals surface area (Å²) in [5.74, 6) is 0.313. The Kier molecular flexibility index (Phi) is 8.53. The second-order valence-electron chi connectivity index (χ2n) is 6.56. The number of ether oxygens (including phenoxy) is 1. The Balaban J connectivity index is 1.44. The number of hydrogen-bond acceptors (Lipinski definition) is 11. The van der Waals surface area contributed by atoms with Crippen LogP contribution in [-0.2, 0) is 11.4 Å².